The fourth-order valence-electron chi connectivity index (χ4n) is 1.20. The third-order valence-corrected chi connectivity index (χ3v) is 2.03. The van der Waals surface area contributed by atoms with Crippen molar-refractivity contribution >= 4 is 0 Å². The molecule has 0 aromatic heterocycles. The summed E-state index contributed by atoms with van der Waals surface area (Å²) in [6.45, 7) is 4.02. The van der Waals surface area contributed by atoms with Gasteiger partial charge in [-0.3, -0.25) is 0 Å². The monoisotopic (exact) mass is 149 g/mol. The van der Waals surface area contributed by atoms with Crippen LogP contribution in [0, 0.1) is 0 Å². The van der Waals surface area contributed by atoms with Gasteiger partial charge in [0.1, 0.15) is 0 Å². The van der Waals surface area contributed by atoms with Crippen LogP contribution in [0.5, 0.6) is 0 Å². The normalized spacial score (nSPS) is 26.7. The topological polar surface area (TPSA) is 3.24 Å². The standard InChI is InChI=1S/C7H13F2N/c1-2-10-5-3-7(8,9)4-6-10/h2-6H2,1H3. The summed E-state index contributed by atoms with van der Waals surface area (Å²) in [6, 6.07) is 0. The number of hydrogen-bond acceptors (Lipinski definition) is 1. The Kier molecular flexibility index (Phi) is 2.24. The highest BCUT2D eigenvalue weighted by Crippen LogP contribution is 2.27. The first kappa shape index (κ1) is 7.92. The van der Waals surface area contributed by atoms with E-state index in [2.05, 4.69) is 4.90 Å². The fraction of sp³-hybridized carbons (Fsp3) is 1.00. The summed E-state index contributed by atoms with van der Waals surface area (Å²) in [5.41, 5.74) is 0. The second-order valence-electron chi connectivity index (χ2n) is 2.79. The van der Waals surface area contributed by atoms with Gasteiger partial charge in [-0.15, -0.1) is 0 Å². The molecule has 0 aliphatic carbocycles. The summed E-state index contributed by atoms with van der Waals surface area (Å²) < 4.78 is 25.0. The molecule has 0 unspecified atom stereocenters. The van der Waals surface area contributed by atoms with Gasteiger partial charge in [0.15, 0.2) is 0 Å². The van der Waals surface area contributed by atoms with Crippen LogP contribution in [0.1, 0.15) is 19.8 Å². The molecule has 0 amide bonds. The minimum Gasteiger partial charge on any atom is -0.303 e. The predicted octanol–water partition coefficient (Wildman–Crippen LogP) is 1.74. The van der Waals surface area contributed by atoms with Crippen LogP contribution in [0.3, 0.4) is 0 Å². The molecule has 0 aromatic rings. The largest absolute Gasteiger partial charge is 0.303 e. The van der Waals surface area contributed by atoms with E-state index in [0.29, 0.717) is 13.1 Å². The lowest BCUT2D eigenvalue weighted by Gasteiger charge is -2.30. The van der Waals surface area contributed by atoms with Crippen molar-refractivity contribution < 1.29 is 8.78 Å². The van der Waals surface area contributed by atoms with E-state index in [1.165, 1.54) is 0 Å². The summed E-state index contributed by atoms with van der Waals surface area (Å²) in [7, 11) is 0. The first-order valence-corrected chi connectivity index (χ1v) is 3.74. The van der Waals surface area contributed by atoms with Crippen molar-refractivity contribution in [3.8, 4) is 0 Å². The van der Waals surface area contributed by atoms with Crippen molar-refractivity contribution in [1.29, 1.82) is 0 Å². The van der Waals surface area contributed by atoms with E-state index in [4.69, 9.17) is 0 Å². The van der Waals surface area contributed by atoms with Crippen LogP contribution in [-0.4, -0.2) is 30.5 Å². The molecule has 1 rings (SSSR count). The molecule has 0 saturated carbocycles. The molecule has 1 fully saturated rings. The third-order valence-electron chi connectivity index (χ3n) is 2.03. The highest BCUT2D eigenvalue weighted by atomic mass is 19.3. The van der Waals surface area contributed by atoms with Gasteiger partial charge in [0.2, 0.25) is 0 Å². The van der Waals surface area contributed by atoms with Crippen molar-refractivity contribution in [2.24, 2.45) is 0 Å². The van der Waals surface area contributed by atoms with Crippen molar-refractivity contribution in [3.63, 3.8) is 0 Å². The highest BCUT2D eigenvalue weighted by Gasteiger charge is 2.33. The van der Waals surface area contributed by atoms with Crippen LogP contribution < -0.4 is 0 Å². The lowest BCUT2D eigenvalue weighted by molar-refractivity contribution is -0.0540. The molecule has 0 spiro atoms. The second kappa shape index (κ2) is 2.82. The molecule has 0 N–H and O–H groups in total. The maximum Gasteiger partial charge on any atom is 0.250 e. The molecule has 60 valence electrons. The first-order valence-electron chi connectivity index (χ1n) is 3.74. The van der Waals surface area contributed by atoms with E-state index >= 15 is 0 Å². The number of alkyl halides is 2. The quantitative estimate of drug-likeness (QED) is 0.549. The van der Waals surface area contributed by atoms with E-state index in [1.807, 2.05) is 6.92 Å². The summed E-state index contributed by atoms with van der Waals surface area (Å²) in [4.78, 5) is 2.05. The molecule has 0 bridgehead atoms. The zero-order valence-electron chi connectivity index (χ0n) is 6.24. The average Bonchev–Trinajstić information content (AvgIpc) is 1.88. The van der Waals surface area contributed by atoms with E-state index in [9.17, 15) is 8.78 Å². The minimum atomic E-state index is -2.38. The SMILES string of the molecule is CCN1CCC(F)(F)CC1. The molecule has 0 aromatic carbocycles. The van der Waals surface area contributed by atoms with Gasteiger partial charge in [0.05, 0.1) is 0 Å². The number of nitrogens with zero attached hydrogens (tertiary/aromatic N) is 1. The molecule has 1 nitrogen and oxygen atoms in total. The van der Waals surface area contributed by atoms with Crippen LogP contribution in [0.25, 0.3) is 0 Å². The fourth-order valence-corrected chi connectivity index (χ4v) is 1.20. The number of hydrogen-bond donors (Lipinski definition) is 0. The molecule has 3 heteroatoms. The Bertz CT molecular complexity index is 104. The van der Waals surface area contributed by atoms with Crippen LogP contribution in [0.4, 0.5) is 8.78 Å². The van der Waals surface area contributed by atoms with Gasteiger partial charge in [0, 0.05) is 25.9 Å². The number of rotatable bonds is 1. The average molecular weight is 149 g/mol. The van der Waals surface area contributed by atoms with Gasteiger partial charge in [-0.05, 0) is 6.54 Å². The number of halogens is 2. The maximum absolute atomic E-state index is 12.5. The van der Waals surface area contributed by atoms with Gasteiger partial charge >= 0.3 is 0 Å². The summed E-state index contributed by atoms with van der Waals surface area (Å²) in [5.74, 6) is -2.38. The Labute approximate surface area is 60.0 Å². The van der Waals surface area contributed by atoms with Crippen molar-refractivity contribution in [2.75, 3.05) is 19.6 Å². The van der Waals surface area contributed by atoms with Crippen LogP contribution in [-0.2, 0) is 0 Å². The molecule has 10 heavy (non-hydrogen) atoms. The third kappa shape index (κ3) is 1.90. The Morgan fingerprint density at radius 1 is 1.30 bits per heavy atom. The zero-order chi connectivity index (χ0) is 7.61. The minimum absolute atomic E-state index is 0.0425. The smallest absolute Gasteiger partial charge is 0.250 e. The van der Waals surface area contributed by atoms with Crippen molar-refractivity contribution in [2.45, 2.75) is 25.7 Å². The molecule has 1 saturated heterocycles. The molecule has 0 atom stereocenters. The molecule has 1 aliphatic rings. The molecule has 0 radical (unpaired) electrons. The van der Waals surface area contributed by atoms with E-state index < -0.39 is 5.92 Å². The van der Waals surface area contributed by atoms with Crippen LogP contribution >= 0.6 is 0 Å². The first-order chi connectivity index (χ1) is 4.64. The van der Waals surface area contributed by atoms with Gasteiger partial charge in [0.25, 0.3) is 5.92 Å². The van der Waals surface area contributed by atoms with Gasteiger partial charge in [-0.2, -0.15) is 0 Å². The Hall–Kier alpha value is -0.180. The van der Waals surface area contributed by atoms with E-state index in [-0.39, 0.29) is 12.8 Å². The number of piperidine rings is 1. The maximum atomic E-state index is 12.5. The van der Waals surface area contributed by atoms with E-state index in [0.717, 1.165) is 6.54 Å². The molecular formula is C7H13F2N. The van der Waals surface area contributed by atoms with E-state index in [1.54, 1.807) is 0 Å². The zero-order valence-corrected chi connectivity index (χ0v) is 6.24. The molecule has 1 heterocycles. The lowest BCUT2D eigenvalue weighted by atomic mass is 10.1. The van der Waals surface area contributed by atoms with Gasteiger partial charge < -0.3 is 4.90 Å². The van der Waals surface area contributed by atoms with Crippen molar-refractivity contribution in [3.05, 3.63) is 0 Å². The Morgan fingerprint density at radius 3 is 2.20 bits per heavy atom. The summed E-state index contributed by atoms with van der Waals surface area (Å²) in [5, 5.41) is 0. The predicted molar refractivity (Wildman–Crippen MR) is 36.3 cm³/mol. The summed E-state index contributed by atoms with van der Waals surface area (Å²) >= 11 is 0. The molecular weight excluding hydrogens is 136 g/mol. The van der Waals surface area contributed by atoms with Crippen LogP contribution in [0.15, 0.2) is 0 Å². The Balaban J connectivity index is 2.31. The highest BCUT2D eigenvalue weighted by molar-refractivity contribution is 4.76. The Morgan fingerprint density at radius 2 is 1.80 bits per heavy atom. The second-order valence-corrected chi connectivity index (χ2v) is 2.79. The molecule has 1 aliphatic heterocycles. The number of likely N-dealkylation sites (tertiary alicyclic amines) is 1. The summed E-state index contributed by atoms with van der Waals surface area (Å²) in [6.07, 6.45) is 0.0850. The van der Waals surface area contributed by atoms with Gasteiger partial charge in [-0.1, -0.05) is 6.92 Å². The van der Waals surface area contributed by atoms with Crippen LogP contribution in [0.2, 0.25) is 0 Å². The van der Waals surface area contributed by atoms with Gasteiger partial charge in [-0.25, -0.2) is 8.78 Å². The lowest BCUT2D eigenvalue weighted by Crippen LogP contribution is -2.38. The van der Waals surface area contributed by atoms with Crippen molar-refractivity contribution in [1.82, 2.24) is 4.90 Å².